The number of nitrogen functional groups attached to an aromatic ring is 1. The van der Waals surface area contributed by atoms with Gasteiger partial charge in [0.05, 0.1) is 23.3 Å². The van der Waals surface area contributed by atoms with E-state index in [4.69, 9.17) is 11.1 Å². The van der Waals surface area contributed by atoms with Gasteiger partial charge >= 0.3 is 0 Å². The molecule has 4 nitrogen and oxygen atoms in total. The molecule has 94 valence electrons. The van der Waals surface area contributed by atoms with E-state index in [1.165, 1.54) is 0 Å². The molecule has 0 fully saturated rings. The van der Waals surface area contributed by atoms with Gasteiger partial charge in [0.15, 0.2) is 0 Å². The van der Waals surface area contributed by atoms with Crippen LogP contribution in [0.4, 0.5) is 5.69 Å². The van der Waals surface area contributed by atoms with Gasteiger partial charge in [0, 0.05) is 22.6 Å². The molecule has 1 aromatic heterocycles. The summed E-state index contributed by atoms with van der Waals surface area (Å²) in [6.45, 7) is 0.695. The number of rotatable bonds is 4. The van der Waals surface area contributed by atoms with Crippen LogP contribution >= 0.6 is 27.3 Å². The van der Waals surface area contributed by atoms with Gasteiger partial charge in [-0.25, -0.2) is 4.98 Å². The van der Waals surface area contributed by atoms with E-state index in [0.717, 1.165) is 21.4 Å². The van der Waals surface area contributed by atoms with Crippen LogP contribution in [0.5, 0.6) is 0 Å². The van der Waals surface area contributed by atoms with Crippen LogP contribution in [-0.2, 0) is 6.54 Å². The van der Waals surface area contributed by atoms with Gasteiger partial charge in [0.2, 0.25) is 0 Å². The quantitative estimate of drug-likeness (QED) is 0.671. The van der Waals surface area contributed by atoms with Crippen LogP contribution in [0, 0.1) is 5.41 Å². The van der Waals surface area contributed by atoms with Crippen LogP contribution in [-0.4, -0.2) is 17.9 Å². The summed E-state index contributed by atoms with van der Waals surface area (Å²) in [4.78, 5) is 6.30. The number of benzene rings is 1. The summed E-state index contributed by atoms with van der Waals surface area (Å²) >= 11 is 5.01. The van der Waals surface area contributed by atoms with Crippen LogP contribution in [0.2, 0.25) is 0 Å². The SMILES string of the molecule is CN(Cc1cscn1)c1cccc(Br)c1C(=N)N. The highest BCUT2D eigenvalue weighted by atomic mass is 79.9. The molecule has 6 heteroatoms. The van der Waals surface area contributed by atoms with Crippen molar-refractivity contribution in [1.82, 2.24) is 4.98 Å². The number of hydrogen-bond acceptors (Lipinski definition) is 4. The van der Waals surface area contributed by atoms with Gasteiger partial charge in [0.1, 0.15) is 5.84 Å². The molecule has 0 saturated carbocycles. The van der Waals surface area contributed by atoms with Crippen molar-refractivity contribution in [3.63, 3.8) is 0 Å². The molecule has 0 aliphatic heterocycles. The lowest BCUT2D eigenvalue weighted by atomic mass is 10.1. The third-order valence-corrected chi connectivity index (χ3v) is 3.85. The molecule has 0 unspecified atom stereocenters. The van der Waals surface area contributed by atoms with Gasteiger partial charge in [-0.3, -0.25) is 5.41 Å². The summed E-state index contributed by atoms with van der Waals surface area (Å²) in [6, 6.07) is 5.77. The molecular formula is C12H13BrN4S. The second kappa shape index (κ2) is 5.49. The molecule has 0 aliphatic carbocycles. The summed E-state index contributed by atoms with van der Waals surface area (Å²) in [6.07, 6.45) is 0. The number of thiazole rings is 1. The Morgan fingerprint density at radius 1 is 1.56 bits per heavy atom. The van der Waals surface area contributed by atoms with Gasteiger partial charge in [-0.05, 0) is 28.1 Å². The van der Waals surface area contributed by atoms with Crippen LogP contribution in [0.3, 0.4) is 0 Å². The molecule has 0 amide bonds. The van der Waals surface area contributed by atoms with Crippen LogP contribution < -0.4 is 10.6 Å². The maximum atomic E-state index is 7.67. The average Bonchev–Trinajstić information content (AvgIpc) is 2.80. The van der Waals surface area contributed by atoms with E-state index in [1.807, 2.05) is 41.0 Å². The van der Waals surface area contributed by atoms with Gasteiger partial charge < -0.3 is 10.6 Å². The molecular weight excluding hydrogens is 312 g/mol. The van der Waals surface area contributed by atoms with E-state index in [2.05, 4.69) is 20.9 Å². The highest BCUT2D eigenvalue weighted by molar-refractivity contribution is 9.10. The molecule has 18 heavy (non-hydrogen) atoms. The number of hydrogen-bond donors (Lipinski definition) is 2. The van der Waals surface area contributed by atoms with Crippen molar-refractivity contribution in [2.24, 2.45) is 5.73 Å². The van der Waals surface area contributed by atoms with Crippen molar-refractivity contribution in [2.75, 3.05) is 11.9 Å². The first-order chi connectivity index (χ1) is 8.59. The first kappa shape index (κ1) is 13.0. The van der Waals surface area contributed by atoms with Crippen molar-refractivity contribution in [1.29, 1.82) is 5.41 Å². The Hall–Kier alpha value is -1.40. The van der Waals surface area contributed by atoms with Gasteiger partial charge in [-0.15, -0.1) is 11.3 Å². The maximum absolute atomic E-state index is 7.67. The van der Waals surface area contributed by atoms with Crippen LogP contribution in [0.25, 0.3) is 0 Å². The molecule has 3 N–H and O–H groups in total. The summed E-state index contributed by atoms with van der Waals surface area (Å²) in [5.74, 6) is 0.0580. The van der Waals surface area contributed by atoms with Crippen molar-refractivity contribution in [3.8, 4) is 0 Å². The summed E-state index contributed by atoms with van der Waals surface area (Å²) in [5.41, 5.74) is 10.1. The van der Waals surface area contributed by atoms with E-state index >= 15 is 0 Å². The van der Waals surface area contributed by atoms with Crippen molar-refractivity contribution < 1.29 is 0 Å². The second-order valence-electron chi connectivity index (χ2n) is 3.88. The van der Waals surface area contributed by atoms with Crippen LogP contribution in [0.15, 0.2) is 33.6 Å². The van der Waals surface area contributed by atoms with E-state index < -0.39 is 0 Å². The molecule has 0 atom stereocenters. The first-order valence-corrected chi connectivity index (χ1v) is 7.04. The minimum atomic E-state index is 0.0580. The zero-order chi connectivity index (χ0) is 13.1. The minimum absolute atomic E-state index is 0.0580. The molecule has 2 aromatic rings. The summed E-state index contributed by atoms with van der Waals surface area (Å²) < 4.78 is 0.831. The normalized spacial score (nSPS) is 10.3. The number of nitrogens with one attached hydrogen (secondary N) is 1. The Morgan fingerprint density at radius 3 is 2.94 bits per heavy atom. The average molecular weight is 325 g/mol. The van der Waals surface area contributed by atoms with Crippen molar-refractivity contribution in [3.05, 3.63) is 44.8 Å². The van der Waals surface area contributed by atoms with Gasteiger partial charge in [-0.2, -0.15) is 0 Å². The molecule has 0 spiro atoms. The van der Waals surface area contributed by atoms with E-state index in [1.54, 1.807) is 11.3 Å². The summed E-state index contributed by atoms with van der Waals surface area (Å²) in [5, 5.41) is 9.68. The monoisotopic (exact) mass is 324 g/mol. The van der Waals surface area contributed by atoms with E-state index in [9.17, 15) is 0 Å². The van der Waals surface area contributed by atoms with E-state index in [0.29, 0.717) is 6.54 Å². The topological polar surface area (TPSA) is 66.0 Å². The van der Waals surface area contributed by atoms with Crippen LogP contribution in [0.1, 0.15) is 11.3 Å². The number of nitrogens with two attached hydrogens (primary N) is 1. The smallest absolute Gasteiger partial charge is 0.126 e. The molecule has 0 bridgehead atoms. The zero-order valence-corrected chi connectivity index (χ0v) is 12.3. The fourth-order valence-electron chi connectivity index (χ4n) is 1.74. The standard InChI is InChI=1S/C12H13BrN4S/c1-17(5-8-6-18-7-16-8)10-4-2-3-9(13)11(10)12(14)15/h2-4,6-7H,5H2,1H3,(H3,14,15). The largest absolute Gasteiger partial charge is 0.384 e. The first-order valence-electron chi connectivity index (χ1n) is 5.30. The Bertz CT molecular complexity index is 553. The van der Waals surface area contributed by atoms with E-state index in [-0.39, 0.29) is 5.84 Å². The summed E-state index contributed by atoms with van der Waals surface area (Å²) in [7, 11) is 1.97. The highest BCUT2D eigenvalue weighted by Gasteiger charge is 2.13. The molecule has 0 radical (unpaired) electrons. The Labute approximate surface area is 118 Å². The van der Waals surface area contributed by atoms with Crippen molar-refractivity contribution in [2.45, 2.75) is 6.54 Å². The predicted molar refractivity (Wildman–Crippen MR) is 79.4 cm³/mol. The number of aromatic nitrogens is 1. The lowest BCUT2D eigenvalue weighted by Crippen LogP contribution is -2.22. The Balaban J connectivity index is 2.32. The van der Waals surface area contributed by atoms with Gasteiger partial charge in [-0.1, -0.05) is 6.07 Å². The third kappa shape index (κ3) is 2.70. The fraction of sp³-hybridized carbons (Fsp3) is 0.167. The van der Waals surface area contributed by atoms with Gasteiger partial charge in [0.25, 0.3) is 0 Å². The molecule has 0 saturated heterocycles. The lowest BCUT2D eigenvalue weighted by Gasteiger charge is -2.22. The zero-order valence-electron chi connectivity index (χ0n) is 9.85. The molecule has 1 aromatic carbocycles. The lowest BCUT2D eigenvalue weighted by molar-refractivity contribution is 0.893. The predicted octanol–water partition coefficient (Wildman–Crippen LogP) is 2.83. The van der Waals surface area contributed by atoms with Crippen molar-refractivity contribution >= 4 is 38.8 Å². The number of amidine groups is 1. The number of nitrogens with zero attached hydrogens (tertiary/aromatic N) is 2. The number of halogens is 1. The molecule has 0 aliphatic rings. The maximum Gasteiger partial charge on any atom is 0.126 e. The Morgan fingerprint density at radius 2 is 2.33 bits per heavy atom. The highest BCUT2D eigenvalue weighted by Crippen LogP contribution is 2.27. The third-order valence-electron chi connectivity index (χ3n) is 2.55. The second-order valence-corrected chi connectivity index (χ2v) is 5.46. The number of anilines is 1. The molecule has 1 heterocycles. The fourth-order valence-corrected chi connectivity index (χ4v) is 2.86. The Kier molecular flexibility index (Phi) is 3.98. The molecule has 2 rings (SSSR count). The minimum Gasteiger partial charge on any atom is -0.384 e.